The lowest BCUT2D eigenvalue weighted by atomic mass is 10.1. The highest BCUT2D eigenvalue weighted by Crippen LogP contribution is 2.23. The van der Waals surface area contributed by atoms with E-state index in [1.807, 2.05) is 26.8 Å². The largest absolute Gasteiger partial charge is 0.466 e. The number of nitrogen functional groups attached to an aromatic ring is 1. The van der Waals surface area contributed by atoms with Gasteiger partial charge < -0.3 is 15.5 Å². The zero-order valence-electron chi connectivity index (χ0n) is 10.2. The first-order valence-electron chi connectivity index (χ1n) is 5.48. The highest BCUT2D eigenvalue weighted by molar-refractivity contribution is 5.38. The maximum absolute atomic E-state index is 5.60. The number of furan rings is 1. The monoisotopic (exact) mass is 232 g/mol. The Labute approximate surface area is 100 Å². The number of aryl methyl sites for hydroxylation is 2. The maximum atomic E-state index is 5.60. The van der Waals surface area contributed by atoms with E-state index in [4.69, 9.17) is 10.2 Å². The van der Waals surface area contributed by atoms with Gasteiger partial charge in [0.05, 0.1) is 6.04 Å². The van der Waals surface area contributed by atoms with E-state index in [-0.39, 0.29) is 6.04 Å². The van der Waals surface area contributed by atoms with E-state index in [1.165, 1.54) is 0 Å². The molecule has 0 saturated heterocycles. The van der Waals surface area contributed by atoms with E-state index in [0.717, 1.165) is 17.1 Å². The summed E-state index contributed by atoms with van der Waals surface area (Å²) < 4.78 is 5.49. The van der Waals surface area contributed by atoms with Gasteiger partial charge in [0.25, 0.3) is 0 Å². The summed E-state index contributed by atoms with van der Waals surface area (Å²) in [7, 11) is 0. The number of aromatic nitrogens is 2. The Morgan fingerprint density at radius 1 is 1.41 bits per heavy atom. The summed E-state index contributed by atoms with van der Waals surface area (Å²) in [4.78, 5) is 8.21. The van der Waals surface area contributed by atoms with Crippen molar-refractivity contribution in [1.82, 2.24) is 9.97 Å². The molecule has 3 N–H and O–H groups in total. The van der Waals surface area contributed by atoms with Crippen LogP contribution in [-0.4, -0.2) is 9.97 Å². The van der Waals surface area contributed by atoms with Crippen LogP contribution in [0.15, 0.2) is 22.7 Å². The van der Waals surface area contributed by atoms with Crippen molar-refractivity contribution in [3.05, 3.63) is 35.4 Å². The Morgan fingerprint density at radius 3 is 2.76 bits per heavy atom. The third-order valence-corrected chi connectivity index (χ3v) is 2.57. The average Bonchev–Trinajstić information content (AvgIpc) is 2.58. The highest BCUT2D eigenvalue weighted by atomic mass is 16.3. The van der Waals surface area contributed by atoms with Gasteiger partial charge in [0.2, 0.25) is 5.95 Å². The predicted octanol–water partition coefficient (Wildman–Crippen LogP) is 2.44. The molecule has 0 saturated carbocycles. The molecule has 0 aliphatic heterocycles. The summed E-state index contributed by atoms with van der Waals surface area (Å²) in [5.41, 5.74) is 6.70. The normalized spacial score (nSPS) is 12.4. The van der Waals surface area contributed by atoms with E-state index in [1.54, 1.807) is 12.3 Å². The molecule has 0 aliphatic carbocycles. The molecule has 90 valence electrons. The molecule has 2 heterocycles. The predicted molar refractivity (Wildman–Crippen MR) is 66.7 cm³/mol. The molecule has 1 atom stereocenters. The summed E-state index contributed by atoms with van der Waals surface area (Å²) in [6.07, 6.45) is 1.63. The molecule has 2 aromatic heterocycles. The van der Waals surface area contributed by atoms with Crippen LogP contribution in [0.5, 0.6) is 0 Å². The summed E-state index contributed by atoms with van der Waals surface area (Å²) >= 11 is 0. The van der Waals surface area contributed by atoms with Gasteiger partial charge in [-0.1, -0.05) is 0 Å². The van der Waals surface area contributed by atoms with Gasteiger partial charge in [-0.2, -0.15) is 4.98 Å². The fourth-order valence-corrected chi connectivity index (χ4v) is 1.79. The maximum Gasteiger partial charge on any atom is 0.225 e. The van der Waals surface area contributed by atoms with Crippen molar-refractivity contribution in [2.45, 2.75) is 26.8 Å². The van der Waals surface area contributed by atoms with Gasteiger partial charge in [0.15, 0.2) is 0 Å². The molecule has 2 aromatic rings. The van der Waals surface area contributed by atoms with Crippen molar-refractivity contribution < 1.29 is 4.42 Å². The topological polar surface area (TPSA) is 77.0 Å². The second-order valence-electron chi connectivity index (χ2n) is 4.04. The molecule has 0 spiro atoms. The van der Waals surface area contributed by atoms with Gasteiger partial charge in [0.1, 0.15) is 17.3 Å². The summed E-state index contributed by atoms with van der Waals surface area (Å²) in [6.45, 7) is 5.91. The van der Waals surface area contributed by atoms with Gasteiger partial charge in [-0.3, -0.25) is 0 Å². The van der Waals surface area contributed by atoms with Crippen molar-refractivity contribution in [3.8, 4) is 0 Å². The van der Waals surface area contributed by atoms with Crippen LogP contribution >= 0.6 is 0 Å². The van der Waals surface area contributed by atoms with E-state index < -0.39 is 0 Å². The zero-order chi connectivity index (χ0) is 12.4. The highest BCUT2D eigenvalue weighted by Gasteiger charge is 2.13. The number of anilines is 2. The number of hydrogen-bond donors (Lipinski definition) is 2. The fourth-order valence-electron chi connectivity index (χ4n) is 1.79. The molecule has 17 heavy (non-hydrogen) atoms. The Hall–Kier alpha value is -2.04. The van der Waals surface area contributed by atoms with Crippen LogP contribution in [0.4, 0.5) is 11.8 Å². The molecule has 2 rings (SSSR count). The minimum Gasteiger partial charge on any atom is -0.466 e. The van der Waals surface area contributed by atoms with Crippen molar-refractivity contribution in [3.63, 3.8) is 0 Å². The van der Waals surface area contributed by atoms with Gasteiger partial charge in [0, 0.05) is 11.8 Å². The molecular formula is C12H16N4O. The van der Waals surface area contributed by atoms with Gasteiger partial charge in [-0.25, -0.2) is 4.98 Å². The van der Waals surface area contributed by atoms with Crippen LogP contribution in [0.2, 0.25) is 0 Å². The quantitative estimate of drug-likeness (QED) is 0.849. The van der Waals surface area contributed by atoms with Gasteiger partial charge in [-0.15, -0.1) is 0 Å². The lowest BCUT2D eigenvalue weighted by Crippen LogP contribution is -2.10. The summed E-state index contributed by atoms with van der Waals surface area (Å²) in [5, 5.41) is 3.19. The molecule has 0 fully saturated rings. The van der Waals surface area contributed by atoms with Crippen molar-refractivity contribution in [2.75, 3.05) is 11.1 Å². The number of hydrogen-bond acceptors (Lipinski definition) is 5. The van der Waals surface area contributed by atoms with E-state index >= 15 is 0 Å². The van der Waals surface area contributed by atoms with E-state index in [9.17, 15) is 0 Å². The fraction of sp³-hybridized carbons (Fsp3) is 0.333. The average molecular weight is 232 g/mol. The molecule has 0 bridgehead atoms. The first-order chi connectivity index (χ1) is 8.06. The lowest BCUT2D eigenvalue weighted by molar-refractivity contribution is 0.499. The third kappa shape index (κ3) is 2.55. The van der Waals surface area contributed by atoms with Crippen LogP contribution in [0.3, 0.4) is 0 Å². The number of nitrogens with one attached hydrogen (secondary N) is 1. The SMILES string of the molecule is Cc1cc(C(C)Nc2nccc(N)n2)c(C)o1. The van der Waals surface area contributed by atoms with Crippen molar-refractivity contribution in [2.24, 2.45) is 0 Å². The Kier molecular flexibility index (Phi) is 2.99. The standard InChI is InChI=1S/C12H16N4O/c1-7-6-10(9(3)17-7)8(2)15-12-14-5-4-11(13)16-12/h4-6,8H,1-3H3,(H3,13,14,15,16). The lowest BCUT2D eigenvalue weighted by Gasteiger charge is -2.12. The number of rotatable bonds is 3. The summed E-state index contributed by atoms with van der Waals surface area (Å²) in [6, 6.07) is 3.75. The smallest absolute Gasteiger partial charge is 0.225 e. The van der Waals surface area contributed by atoms with Crippen LogP contribution in [0, 0.1) is 13.8 Å². The molecule has 1 unspecified atom stereocenters. The van der Waals surface area contributed by atoms with E-state index in [2.05, 4.69) is 15.3 Å². The second-order valence-corrected chi connectivity index (χ2v) is 4.04. The number of nitrogens with two attached hydrogens (primary N) is 1. The van der Waals surface area contributed by atoms with Crippen LogP contribution in [0.1, 0.15) is 30.0 Å². The number of nitrogens with zero attached hydrogens (tertiary/aromatic N) is 2. The zero-order valence-corrected chi connectivity index (χ0v) is 10.2. The van der Waals surface area contributed by atoms with Crippen molar-refractivity contribution >= 4 is 11.8 Å². The molecule has 0 radical (unpaired) electrons. The first kappa shape index (κ1) is 11.4. The van der Waals surface area contributed by atoms with Crippen LogP contribution < -0.4 is 11.1 Å². The van der Waals surface area contributed by atoms with Gasteiger partial charge >= 0.3 is 0 Å². The molecular weight excluding hydrogens is 216 g/mol. The molecule has 0 aromatic carbocycles. The van der Waals surface area contributed by atoms with Crippen LogP contribution in [0.25, 0.3) is 0 Å². The molecule has 0 amide bonds. The van der Waals surface area contributed by atoms with E-state index in [0.29, 0.717) is 11.8 Å². The van der Waals surface area contributed by atoms with Crippen molar-refractivity contribution in [1.29, 1.82) is 0 Å². The van der Waals surface area contributed by atoms with Gasteiger partial charge in [-0.05, 0) is 32.9 Å². The Balaban J connectivity index is 2.16. The second kappa shape index (κ2) is 4.45. The first-order valence-corrected chi connectivity index (χ1v) is 5.48. The molecule has 0 aliphatic rings. The Bertz CT molecular complexity index is 521. The van der Waals surface area contributed by atoms with Crippen LogP contribution in [-0.2, 0) is 0 Å². The summed E-state index contributed by atoms with van der Waals surface area (Å²) in [5.74, 6) is 2.79. The minimum absolute atomic E-state index is 0.0780. The molecule has 5 nitrogen and oxygen atoms in total. The third-order valence-electron chi connectivity index (χ3n) is 2.57. The molecule has 5 heteroatoms. The minimum atomic E-state index is 0.0780. The Morgan fingerprint density at radius 2 is 2.18 bits per heavy atom.